The zero-order valence-corrected chi connectivity index (χ0v) is 9.53. The Morgan fingerprint density at radius 2 is 2.40 bits per heavy atom. The van der Waals surface area contributed by atoms with E-state index in [4.69, 9.17) is 4.74 Å². The molecular formula is C11H17N3O. The van der Waals surface area contributed by atoms with Crippen molar-refractivity contribution in [3.05, 3.63) is 12.0 Å². The van der Waals surface area contributed by atoms with Crippen molar-refractivity contribution < 1.29 is 4.74 Å². The van der Waals surface area contributed by atoms with Gasteiger partial charge in [0.15, 0.2) is 11.6 Å². The molecule has 0 aliphatic carbocycles. The number of nitrogens with zero attached hydrogens (tertiary/aromatic N) is 3. The molecule has 0 fully saturated rings. The fourth-order valence-corrected chi connectivity index (χ4v) is 1.57. The average Bonchev–Trinajstić information content (AvgIpc) is 2.28. The molecular weight excluding hydrogens is 190 g/mol. The smallest absolute Gasteiger partial charge is 0.180 e. The van der Waals surface area contributed by atoms with E-state index < -0.39 is 0 Å². The van der Waals surface area contributed by atoms with E-state index in [0.717, 1.165) is 37.0 Å². The first kappa shape index (κ1) is 10.2. The summed E-state index contributed by atoms with van der Waals surface area (Å²) in [5, 5.41) is 0. The molecule has 4 heteroatoms. The average molecular weight is 207 g/mol. The molecule has 1 aliphatic heterocycles. The van der Waals surface area contributed by atoms with Crippen LogP contribution in [0.2, 0.25) is 0 Å². The first-order chi connectivity index (χ1) is 7.22. The predicted octanol–water partition coefficient (Wildman–Crippen LogP) is 1.82. The summed E-state index contributed by atoms with van der Waals surface area (Å²) in [4.78, 5) is 11.0. The second kappa shape index (κ2) is 4.04. The summed E-state index contributed by atoms with van der Waals surface area (Å²) >= 11 is 0. The van der Waals surface area contributed by atoms with Gasteiger partial charge in [-0.15, -0.1) is 0 Å². The van der Waals surface area contributed by atoms with Crippen LogP contribution in [0, 0.1) is 0 Å². The van der Waals surface area contributed by atoms with Crippen LogP contribution in [0.25, 0.3) is 0 Å². The molecule has 0 spiro atoms. The Kier molecular flexibility index (Phi) is 2.75. The monoisotopic (exact) mass is 207 g/mol. The molecule has 0 aromatic carbocycles. The van der Waals surface area contributed by atoms with Crippen molar-refractivity contribution in [3.8, 4) is 5.75 Å². The van der Waals surface area contributed by atoms with Crippen LogP contribution in [0.5, 0.6) is 5.75 Å². The maximum absolute atomic E-state index is 5.50. The lowest BCUT2D eigenvalue weighted by molar-refractivity contribution is 0.306. The van der Waals surface area contributed by atoms with Crippen molar-refractivity contribution in [1.82, 2.24) is 9.97 Å². The highest BCUT2D eigenvalue weighted by atomic mass is 16.5. The summed E-state index contributed by atoms with van der Waals surface area (Å²) in [5.74, 6) is 3.04. The van der Waals surface area contributed by atoms with Gasteiger partial charge in [-0.05, 0) is 6.42 Å². The van der Waals surface area contributed by atoms with Crippen LogP contribution in [0.1, 0.15) is 32.0 Å². The van der Waals surface area contributed by atoms with Gasteiger partial charge >= 0.3 is 0 Å². The third-order valence-electron chi connectivity index (χ3n) is 2.85. The van der Waals surface area contributed by atoms with Gasteiger partial charge < -0.3 is 9.64 Å². The third-order valence-corrected chi connectivity index (χ3v) is 2.85. The van der Waals surface area contributed by atoms with Gasteiger partial charge in [0.1, 0.15) is 12.4 Å². The standard InChI is InChI=1S/C11H17N3O/c1-4-8(2)10-12-7-9-11(13-10)14(3)5-6-15-9/h7-8H,4-6H2,1-3H3. The van der Waals surface area contributed by atoms with Crippen molar-refractivity contribution in [2.75, 3.05) is 25.1 Å². The molecule has 15 heavy (non-hydrogen) atoms. The minimum atomic E-state index is 0.408. The molecule has 82 valence electrons. The third kappa shape index (κ3) is 1.89. The quantitative estimate of drug-likeness (QED) is 0.741. The number of likely N-dealkylation sites (N-methyl/N-ethyl adjacent to an activating group) is 1. The molecule has 2 heterocycles. The second-order valence-electron chi connectivity index (χ2n) is 4.00. The van der Waals surface area contributed by atoms with Gasteiger partial charge in [-0.3, -0.25) is 0 Å². The fraction of sp³-hybridized carbons (Fsp3) is 0.636. The molecule has 1 aromatic rings. The lowest BCUT2D eigenvalue weighted by Crippen LogP contribution is -2.30. The molecule has 2 rings (SSSR count). The van der Waals surface area contributed by atoms with Crippen LogP contribution >= 0.6 is 0 Å². The van der Waals surface area contributed by atoms with E-state index in [1.165, 1.54) is 0 Å². The highest BCUT2D eigenvalue weighted by Gasteiger charge is 2.18. The Morgan fingerprint density at radius 3 is 3.13 bits per heavy atom. The molecule has 1 aliphatic rings. The Labute approximate surface area is 90.3 Å². The van der Waals surface area contributed by atoms with E-state index in [9.17, 15) is 0 Å². The molecule has 0 saturated heterocycles. The maximum atomic E-state index is 5.50. The van der Waals surface area contributed by atoms with E-state index in [1.807, 2.05) is 7.05 Å². The summed E-state index contributed by atoms with van der Waals surface area (Å²) < 4.78 is 5.50. The van der Waals surface area contributed by atoms with Crippen molar-refractivity contribution in [3.63, 3.8) is 0 Å². The van der Waals surface area contributed by atoms with E-state index in [2.05, 4.69) is 28.7 Å². The van der Waals surface area contributed by atoms with Gasteiger partial charge in [0, 0.05) is 13.0 Å². The molecule has 0 bridgehead atoms. The Morgan fingerprint density at radius 1 is 1.60 bits per heavy atom. The van der Waals surface area contributed by atoms with Crippen molar-refractivity contribution in [2.45, 2.75) is 26.2 Å². The molecule has 1 unspecified atom stereocenters. The summed E-state index contributed by atoms with van der Waals surface area (Å²) in [6.07, 6.45) is 2.85. The number of rotatable bonds is 2. The summed E-state index contributed by atoms with van der Waals surface area (Å²) in [6, 6.07) is 0. The van der Waals surface area contributed by atoms with E-state index >= 15 is 0 Å². The minimum absolute atomic E-state index is 0.408. The van der Waals surface area contributed by atoms with Crippen LogP contribution in [0.3, 0.4) is 0 Å². The van der Waals surface area contributed by atoms with Gasteiger partial charge in [-0.25, -0.2) is 9.97 Å². The van der Waals surface area contributed by atoms with Crippen LogP contribution in [0.15, 0.2) is 6.20 Å². The highest BCUT2D eigenvalue weighted by molar-refractivity contribution is 5.52. The Bertz CT molecular complexity index is 354. The molecule has 1 aromatic heterocycles. The van der Waals surface area contributed by atoms with Gasteiger partial charge in [0.2, 0.25) is 0 Å². The number of hydrogen-bond acceptors (Lipinski definition) is 4. The van der Waals surface area contributed by atoms with Gasteiger partial charge in [-0.2, -0.15) is 0 Å². The molecule has 0 amide bonds. The largest absolute Gasteiger partial charge is 0.486 e. The topological polar surface area (TPSA) is 38.2 Å². The van der Waals surface area contributed by atoms with Crippen LogP contribution in [-0.4, -0.2) is 30.2 Å². The van der Waals surface area contributed by atoms with Gasteiger partial charge in [-0.1, -0.05) is 13.8 Å². The lowest BCUT2D eigenvalue weighted by Gasteiger charge is -2.26. The van der Waals surface area contributed by atoms with Crippen molar-refractivity contribution in [1.29, 1.82) is 0 Å². The minimum Gasteiger partial charge on any atom is -0.486 e. The second-order valence-corrected chi connectivity index (χ2v) is 4.00. The van der Waals surface area contributed by atoms with Crippen molar-refractivity contribution in [2.24, 2.45) is 0 Å². The number of ether oxygens (including phenoxy) is 1. The number of aromatic nitrogens is 2. The summed E-state index contributed by atoms with van der Waals surface area (Å²) in [7, 11) is 2.04. The molecule has 4 nitrogen and oxygen atoms in total. The molecule has 0 radical (unpaired) electrons. The maximum Gasteiger partial charge on any atom is 0.180 e. The van der Waals surface area contributed by atoms with Crippen LogP contribution < -0.4 is 9.64 Å². The fourth-order valence-electron chi connectivity index (χ4n) is 1.57. The summed E-state index contributed by atoms with van der Waals surface area (Å²) in [6.45, 7) is 5.90. The first-order valence-corrected chi connectivity index (χ1v) is 5.43. The predicted molar refractivity (Wildman–Crippen MR) is 59.5 cm³/mol. The highest BCUT2D eigenvalue weighted by Crippen LogP contribution is 2.29. The Hall–Kier alpha value is -1.32. The lowest BCUT2D eigenvalue weighted by atomic mass is 10.1. The normalized spacial score (nSPS) is 16.9. The molecule has 0 N–H and O–H groups in total. The number of hydrogen-bond donors (Lipinski definition) is 0. The number of fused-ring (bicyclic) bond motifs is 1. The number of anilines is 1. The van der Waals surface area contributed by atoms with Crippen molar-refractivity contribution >= 4 is 5.82 Å². The van der Waals surface area contributed by atoms with Gasteiger partial charge in [0.25, 0.3) is 0 Å². The van der Waals surface area contributed by atoms with Gasteiger partial charge in [0.05, 0.1) is 12.7 Å². The summed E-state index contributed by atoms with van der Waals surface area (Å²) in [5.41, 5.74) is 0. The Balaban J connectivity index is 2.35. The zero-order valence-electron chi connectivity index (χ0n) is 9.53. The van der Waals surface area contributed by atoms with E-state index in [-0.39, 0.29) is 0 Å². The first-order valence-electron chi connectivity index (χ1n) is 5.43. The zero-order chi connectivity index (χ0) is 10.8. The van der Waals surface area contributed by atoms with E-state index in [0.29, 0.717) is 5.92 Å². The van der Waals surface area contributed by atoms with Crippen LogP contribution in [0.4, 0.5) is 5.82 Å². The molecule has 1 atom stereocenters. The molecule has 0 saturated carbocycles. The van der Waals surface area contributed by atoms with E-state index in [1.54, 1.807) is 6.20 Å². The SMILES string of the molecule is CCC(C)c1ncc2c(n1)N(C)CCO2. The van der Waals surface area contributed by atoms with Crippen LogP contribution in [-0.2, 0) is 0 Å².